The molecular weight excluding hydrogens is 518 g/mol. The largest absolute Gasteiger partial charge is 0.480 e. The number of rotatable bonds is 12. The zero-order valence-electron chi connectivity index (χ0n) is 23.4. The second kappa shape index (κ2) is 17.9. The maximum Gasteiger partial charge on any atom is 0.413 e. The van der Waals surface area contributed by atoms with Gasteiger partial charge >= 0.3 is 24.1 Å². The molecule has 2 rings (SSSR count). The van der Waals surface area contributed by atoms with E-state index in [2.05, 4.69) is 22.5 Å². The quantitative estimate of drug-likeness (QED) is 0.168. The van der Waals surface area contributed by atoms with Crippen LogP contribution in [-0.4, -0.2) is 47.4 Å². The van der Waals surface area contributed by atoms with Crippen molar-refractivity contribution in [3.63, 3.8) is 0 Å². The fourth-order valence-electron chi connectivity index (χ4n) is 2.94. The zero-order valence-corrected chi connectivity index (χ0v) is 23.4. The predicted octanol–water partition coefficient (Wildman–Crippen LogP) is 4.48. The number of amides is 2. The average molecular weight is 558 g/mol. The Morgan fingerprint density at radius 2 is 1.40 bits per heavy atom. The molecule has 2 aromatic carbocycles. The number of carboxylic acids is 1. The summed E-state index contributed by atoms with van der Waals surface area (Å²) in [7, 11) is 0. The Hall–Kier alpha value is -4.54. The maximum absolute atomic E-state index is 11.7. The zero-order chi connectivity index (χ0) is 30.0. The lowest BCUT2D eigenvalue weighted by Crippen LogP contribution is -2.43. The normalized spacial score (nSPS) is 11.0. The van der Waals surface area contributed by atoms with Gasteiger partial charge in [0.25, 0.3) is 0 Å². The van der Waals surface area contributed by atoms with Gasteiger partial charge in [0, 0.05) is 13.5 Å². The third kappa shape index (κ3) is 17.1. The molecule has 4 N–H and O–H groups in total. The van der Waals surface area contributed by atoms with E-state index in [0.717, 1.165) is 11.1 Å². The summed E-state index contributed by atoms with van der Waals surface area (Å²) in [5, 5.41) is 16.8. The van der Waals surface area contributed by atoms with Gasteiger partial charge in [-0.25, -0.2) is 14.4 Å². The monoisotopic (exact) mass is 557 g/mol. The Morgan fingerprint density at radius 3 is 1.88 bits per heavy atom. The Morgan fingerprint density at radius 1 is 0.875 bits per heavy atom. The van der Waals surface area contributed by atoms with Crippen LogP contribution in [0.1, 0.15) is 51.7 Å². The molecule has 0 radical (unpaired) electrons. The summed E-state index contributed by atoms with van der Waals surface area (Å²) in [5.74, 6) is -1.17. The van der Waals surface area contributed by atoms with Crippen molar-refractivity contribution in [2.75, 3.05) is 6.54 Å². The first-order valence-electron chi connectivity index (χ1n) is 12.7. The van der Waals surface area contributed by atoms with Gasteiger partial charge in [-0.1, -0.05) is 67.2 Å². The molecule has 0 aliphatic rings. The van der Waals surface area contributed by atoms with Gasteiger partial charge < -0.3 is 30.0 Å². The standard InChI is InChI=1S/C20H29N3O6.C9H10O2/c1-14(22-18(26)28-13-15-9-6-5-7-10-15)21-12-8-11-16(17(24)25)23-19(27)29-20(2,3)4;1-8(10)11-7-9-5-3-2-4-6-9/h5-7,9-10,16,21H,1,8,11-13H2,2-4H3,(H,22,26)(H,23,27)(H,24,25);2-6H,7H2,1H3/t16-;/m1./s1. The first kappa shape index (κ1) is 33.5. The number of ether oxygens (including phenoxy) is 3. The van der Waals surface area contributed by atoms with Crippen molar-refractivity contribution < 1.29 is 38.5 Å². The van der Waals surface area contributed by atoms with E-state index >= 15 is 0 Å². The van der Waals surface area contributed by atoms with Crippen LogP contribution in [0, 0.1) is 0 Å². The Kier molecular flexibility index (Phi) is 15.0. The van der Waals surface area contributed by atoms with Crippen molar-refractivity contribution >= 4 is 24.1 Å². The minimum absolute atomic E-state index is 0.135. The number of carbonyl (C=O) groups excluding carboxylic acids is 3. The molecule has 0 fully saturated rings. The molecule has 0 heterocycles. The predicted molar refractivity (Wildman–Crippen MR) is 149 cm³/mol. The summed E-state index contributed by atoms with van der Waals surface area (Å²) in [5.41, 5.74) is 1.16. The Balaban J connectivity index is 0.000000603. The molecule has 1 atom stereocenters. The minimum Gasteiger partial charge on any atom is -0.480 e. The second-order valence-corrected chi connectivity index (χ2v) is 9.54. The minimum atomic E-state index is -1.16. The highest BCUT2D eigenvalue weighted by Gasteiger charge is 2.23. The van der Waals surface area contributed by atoms with E-state index in [1.54, 1.807) is 20.8 Å². The van der Waals surface area contributed by atoms with E-state index in [0.29, 0.717) is 19.6 Å². The number of carboxylic acid groups (broad SMARTS) is 1. The molecule has 0 spiro atoms. The summed E-state index contributed by atoms with van der Waals surface area (Å²) < 4.78 is 14.9. The molecule has 11 nitrogen and oxygen atoms in total. The van der Waals surface area contributed by atoms with Crippen LogP contribution in [0.25, 0.3) is 0 Å². The van der Waals surface area contributed by atoms with Gasteiger partial charge in [-0.05, 0) is 44.7 Å². The molecule has 40 heavy (non-hydrogen) atoms. The van der Waals surface area contributed by atoms with Crippen molar-refractivity contribution in [1.82, 2.24) is 16.0 Å². The number of nitrogens with one attached hydrogen (secondary N) is 3. The molecule has 11 heteroatoms. The number of benzene rings is 2. The van der Waals surface area contributed by atoms with Gasteiger partial charge in [0.2, 0.25) is 0 Å². The van der Waals surface area contributed by atoms with E-state index in [1.165, 1.54) is 6.92 Å². The number of hydrogen-bond acceptors (Lipinski definition) is 8. The van der Waals surface area contributed by atoms with Crippen molar-refractivity contribution in [3.05, 3.63) is 84.2 Å². The molecule has 0 bridgehead atoms. The molecule has 218 valence electrons. The molecule has 0 aliphatic heterocycles. The van der Waals surface area contributed by atoms with Crippen LogP contribution in [0.15, 0.2) is 73.1 Å². The lowest BCUT2D eigenvalue weighted by atomic mass is 10.1. The molecule has 0 saturated heterocycles. The van der Waals surface area contributed by atoms with Gasteiger partial charge in [-0.15, -0.1) is 0 Å². The van der Waals surface area contributed by atoms with Crippen LogP contribution in [0.3, 0.4) is 0 Å². The fraction of sp³-hybridized carbons (Fsp3) is 0.379. The number of esters is 1. The molecule has 2 aromatic rings. The van der Waals surface area contributed by atoms with Crippen molar-refractivity contribution in [1.29, 1.82) is 0 Å². The molecular formula is C29H39N3O8. The Bertz CT molecular complexity index is 1090. The molecule has 0 saturated carbocycles. The third-order valence-electron chi connectivity index (χ3n) is 4.75. The van der Waals surface area contributed by atoms with E-state index in [4.69, 9.17) is 14.2 Å². The number of alkyl carbamates (subject to hydrolysis) is 2. The van der Waals surface area contributed by atoms with Crippen molar-refractivity contribution in [3.8, 4) is 0 Å². The molecule has 0 aromatic heterocycles. The molecule has 0 aliphatic carbocycles. The van der Waals surface area contributed by atoms with Crippen LogP contribution in [0.5, 0.6) is 0 Å². The summed E-state index contributed by atoms with van der Waals surface area (Å²) in [6.45, 7) is 11.0. The highest BCUT2D eigenvalue weighted by molar-refractivity contribution is 5.80. The topological polar surface area (TPSA) is 152 Å². The average Bonchev–Trinajstić information content (AvgIpc) is 2.88. The van der Waals surface area contributed by atoms with E-state index < -0.39 is 29.8 Å². The highest BCUT2D eigenvalue weighted by atomic mass is 16.6. The van der Waals surface area contributed by atoms with Gasteiger partial charge in [0.1, 0.15) is 30.7 Å². The molecule has 2 amide bonds. The third-order valence-corrected chi connectivity index (χ3v) is 4.75. The van der Waals surface area contributed by atoms with E-state index in [-0.39, 0.29) is 24.8 Å². The smallest absolute Gasteiger partial charge is 0.413 e. The van der Waals surface area contributed by atoms with Crippen LogP contribution in [0.4, 0.5) is 9.59 Å². The van der Waals surface area contributed by atoms with Crippen molar-refractivity contribution in [2.24, 2.45) is 0 Å². The maximum atomic E-state index is 11.7. The second-order valence-electron chi connectivity index (χ2n) is 9.54. The number of carbonyl (C=O) groups is 4. The first-order chi connectivity index (χ1) is 18.9. The van der Waals surface area contributed by atoms with Crippen LogP contribution < -0.4 is 16.0 Å². The lowest BCUT2D eigenvalue weighted by Gasteiger charge is -2.22. The van der Waals surface area contributed by atoms with Crippen LogP contribution in [-0.2, 0) is 37.0 Å². The summed E-state index contributed by atoms with van der Waals surface area (Å²) in [6.07, 6.45) is -0.855. The number of aliphatic carboxylic acids is 1. The summed E-state index contributed by atoms with van der Waals surface area (Å²) in [6, 6.07) is 17.8. The van der Waals surface area contributed by atoms with E-state index in [1.807, 2.05) is 60.7 Å². The van der Waals surface area contributed by atoms with Gasteiger partial charge in [-0.3, -0.25) is 10.1 Å². The van der Waals surface area contributed by atoms with Crippen LogP contribution in [0.2, 0.25) is 0 Å². The highest BCUT2D eigenvalue weighted by Crippen LogP contribution is 2.08. The van der Waals surface area contributed by atoms with Gasteiger partial charge in [0.05, 0.1) is 0 Å². The lowest BCUT2D eigenvalue weighted by molar-refractivity contribution is -0.142. The number of hydrogen-bond donors (Lipinski definition) is 4. The fourth-order valence-corrected chi connectivity index (χ4v) is 2.94. The first-order valence-corrected chi connectivity index (χ1v) is 12.7. The van der Waals surface area contributed by atoms with E-state index in [9.17, 15) is 24.3 Å². The summed E-state index contributed by atoms with van der Waals surface area (Å²) >= 11 is 0. The van der Waals surface area contributed by atoms with Gasteiger partial charge in [0.15, 0.2) is 0 Å². The molecule has 0 unspecified atom stereocenters. The summed E-state index contributed by atoms with van der Waals surface area (Å²) in [4.78, 5) is 45.1. The SMILES string of the molecule is C=C(NCCC[C@@H](NC(=O)OC(C)(C)C)C(=O)O)NC(=O)OCc1ccccc1.CC(=O)OCc1ccccc1. The van der Waals surface area contributed by atoms with Gasteiger partial charge in [-0.2, -0.15) is 0 Å². The van der Waals surface area contributed by atoms with Crippen LogP contribution >= 0.6 is 0 Å². The van der Waals surface area contributed by atoms with Crippen molar-refractivity contribution in [2.45, 2.75) is 65.4 Å². The Labute approximate surface area is 234 Å².